The van der Waals surface area contributed by atoms with Crippen LogP contribution in [0.1, 0.15) is 41.9 Å². The average Bonchev–Trinajstić information content (AvgIpc) is 2.81. The first-order chi connectivity index (χ1) is 10.9. The molecular weight excluding hydrogens is 318 g/mol. The van der Waals surface area contributed by atoms with Gasteiger partial charge in [0.05, 0.1) is 11.5 Å². The van der Waals surface area contributed by atoms with Gasteiger partial charge in [0.15, 0.2) is 0 Å². The van der Waals surface area contributed by atoms with Gasteiger partial charge in [-0.3, -0.25) is 4.79 Å². The number of ether oxygens (including phenoxy) is 1. The Morgan fingerprint density at radius 1 is 1.39 bits per heavy atom. The number of thiophene rings is 1. The van der Waals surface area contributed by atoms with Crippen LogP contribution in [0.2, 0.25) is 0 Å². The van der Waals surface area contributed by atoms with E-state index in [0.717, 1.165) is 10.9 Å². The lowest BCUT2D eigenvalue weighted by atomic mass is 10.2. The monoisotopic (exact) mass is 337 g/mol. The number of aryl methyl sites for hydroxylation is 1. The summed E-state index contributed by atoms with van der Waals surface area (Å²) >= 11 is 1.27. The normalized spacial score (nSPS) is 11.0. The molecule has 0 fully saturated rings. The van der Waals surface area contributed by atoms with Crippen molar-refractivity contribution in [1.82, 2.24) is 9.97 Å². The minimum absolute atomic E-state index is 0.0931. The standard InChI is InChI=1S/C15H19N3O4S/c1-8(2)22-15(21)12-9(3)11-13(16-6-4-5-10(19)20)17-7-18-14(11)23-12/h7-8H,4-6H2,1-3H3,(H,19,20)(H,16,17,18). The molecule has 0 saturated heterocycles. The Morgan fingerprint density at radius 2 is 2.13 bits per heavy atom. The lowest BCUT2D eigenvalue weighted by Crippen LogP contribution is -2.11. The summed E-state index contributed by atoms with van der Waals surface area (Å²) in [7, 11) is 0. The maximum absolute atomic E-state index is 12.1. The van der Waals surface area contributed by atoms with Crippen molar-refractivity contribution in [2.45, 2.75) is 39.7 Å². The summed E-state index contributed by atoms with van der Waals surface area (Å²) in [6.45, 7) is 5.92. The molecule has 2 aromatic rings. The van der Waals surface area contributed by atoms with Gasteiger partial charge in [-0.1, -0.05) is 0 Å². The molecule has 0 unspecified atom stereocenters. The van der Waals surface area contributed by atoms with Crippen LogP contribution in [0.5, 0.6) is 0 Å². The summed E-state index contributed by atoms with van der Waals surface area (Å²) in [5, 5.41) is 12.6. The second-order valence-electron chi connectivity index (χ2n) is 5.34. The molecule has 0 atom stereocenters. The number of fused-ring (bicyclic) bond motifs is 1. The molecule has 2 heterocycles. The Labute approximate surface area is 137 Å². The summed E-state index contributed by atoms with van der Waals surface area (Å²) in [5.41, 5.74) is 0.775. The maximum Gasteiger partial charge on any atom is 0.348 e. The first-order valence-corrected chi connectivity index (χ1v) is 8.12. The van der Waals surface area contributed by atoms with Crippen LogP contribution in [0.4, 0.5) is 5.82 Å². The van der Waals surface area contributed by atoms with Gasteiger partial charge in [-0.25, -0.2) is 14.8 Å². The third-order valence-electron chi connectivity index (χ3n) is 3.11. The van der Waals surface area contributed by atoms with Crippen molar-refractivity contribution >= 4 is 39.3 Å². The molecule has 0 aliphatic rings. The van der Waals surface area contributed by atoms with E-state index in [0.29, 0.717) is 28.5 Å². The van der Waals surface area contributed by atoms with Crippen LogP contribution in [-0.2, 0) is 9.53 Å². The third kappa shape index (κ3) is 4.16. The highest BCUT2D eigenvalue weighted by molar-refractivity contribution is 7.20. The van der Waals surface area contributed by atoms with Crippen LogP contribution in [-0.4, -0.2) is 39.7 Å². The van der Waals surface area contributed by atoms with Crippen LogP contribution in [0.3, 0.4) is 0 Å². The lowest BCUT2D eigenvalue weighted by molar-refractivity contribution is -0.137. The van der Waals surface area contributed by atoms with Gasteiger partial charge in [-0.2, -0.15) is 0 Å². The summed E-state index contributed by atoms with van der Waals surface area (Å²) < 4.78 is 5.25. The van der Waals surface area contributed by atoms with Crippen LogP contribution in [0.25, 0.3) is 10.2 Å². The van der Waals surface area contributed by atoms with Crippen LogP contribution in [0, 0.1) is 6.92 Å². The number of hydrogen-bond acceptors (Lipinski definition) is 7. The lowest BCUT2D eigenvalue weighted by Gasteiger charge is -2.07. The number of nitrogens with one attached hydrogen (secondary N) is 1. The zero-order valence-corrected chi connectivity index (χ0v) is 14.1. The number of anilines is 1. The Bertz CT molecular complexity index is 727. The van der Waals surface area contributed by atoms with Gasteiger partial charge >= 0.3 is 11.9 Å². The van der Waals surface area contributed by atoms with Gasteiger partial charge in [0, 0.05) is 13.0 Å². The minimum Gasteiger partial charge on any atom is -0.481 e. The van der Waals surface area contributed by atoms with Crippen LogP contribution >= 0.6 is 11.3 Å². The van der Waals surface area contributed by atoms with E-state index in [1.807, 2.05) is 6.92 Å². The molecule has 0 amide bonds. The van der Waals surface area contributed by atoms with Crippen molar-refractivity contribution in [3.63, 3.8) is 0 Å². The molecule has 0 aromatic carbocycles. The highest BCUT2D eigenvalue weighted by Gasteiger charge is 2.21. The maximum atomic E-state index is 12.1. The Morgan fingerprint density at radius 3 is 2.78 bits per heavy atom. The molecule has 23 heavy (non-hydrogen) atoms. The predicted molar refractivity (Wildman–Crippen MR) is 88.1 cm³/mol. The zero-order valence-electron chi connectivity index (χ0n) is 13.3. The number of carbonyl (C=O) groups excluding carboxylic acids is 1. The number of aromatic nitrogens is 2. The molecule has 7 nitrogen and oxygen atoms in total. The molecule has 0 spiro atoms. The van der Waals surface area contributed by atoms with Crippen LogP contribution in [0.15, 0.2) is 6.33 Å². The molecule has 0 radical (unpaired) electrons. The number of carboxylic acid groups (broad SMARTS) is 1. The summed E-state index contributed by atoms with van der Waals surface area (Å²) in [6, 6.07) is 0. The Balaban J connectivity index is 2.24. The number of nitrogens with zero attached hydrogens (tertiary/aromatic N) is 2. The first kappa shape index (κ1) is 17.1. The van der Waals surface area contributed by atoms with Gasteiger partial charge in [0.25, 0.3) is 0 Å². The van der Waals surface area contributed by atoms with E-state index in [1.54, 1.807) is 13.8 Å². The number of carboxylic acids is 1. The predicted octanol–water partition coefficient (Wildman–Crippen LogP) is 2.84. The van der Waals surface area contributed by atoms with E-state index in [-0.39, 0.29) is 18.5 Å². The Kier molecular flexibility index (Phi) is 5.49. The number of rotatable bonds is 7. The van der Waals surface area contributed by atoms with Crippen LogP contribution < -0.4 is 5.32 Å². The van der Waals surface area contributed by atoms with Crippen molar-refractivity contribution < 1.29 is 19.4 Å². The molecule has 2 aromatic heterocycles. The largest absolute Gasteiger partial charge is 0.481 e. The fraction of sp³-hybridized carbons (Fsp3) is 0.467. The van der Waals surface area contributed by atoms with Gasteiger partial charge in [0.1, 0.15) is 21.9 Å². The topological polar surface area (TPSA) is 101 Å². The highest BCUT2D eigenvalue weighted by Crippen LogP contribution is 2.33. The van der Waals surface area contributed by atoms with Gasteiger partial charge in [-0.05, 0) is 32.8 Å². The second-order valence-corrected chi connectivity index (χ2v) is 6.34. The highest BCUT2D eigenvalue weighted by atomic mass is 32.1. The van der Waals surface area contributed by atoms with Crippen molar-refractivity contribution in [2.75, 3.05) is 11.9 Å². The molecule has 0 bridgehead atoms. The Hall–Kier alpha value is -2.22. The summed E-state index contributed by atoms with van der Waals surface area (Å²) in [4.78, 5) is 32.3. The van der Waals surface area contributed by atoms with Crippen molar-refractivity contribution in [2.24, 2.45) is 0 Å². The quantitative estimate of drug-likeness (QED) is 0.591. The van der Waals surface area contributed by atoms with E-state index in [1.165, 1.54) is 17.7 Å². The molecule has 8 heteroatoms. The van der Waals surface area contributed by atoms with Crippen molar-refractivity contribution in [3.05, 3.63) is 16.8 Å². The molecule has 2 rings (SSSR count). The number of esters is 1. The smallest absolute Gasteiger partial charge is 0.348 e. The molecule has 0 aliphatic carbocycles. The minimum atomic E-state index is -0.829. The fourth-order valence-electron chi connectivity index (χ4n) is 2.11. The van der Waals surface area contributed by atoms with E-state index in [4.69, 9.17) is 9.84 Å². The average molecular weight is 337 g/mol. The molecule has 124 valence electrons. The zero-order chi connectivity index (χ0) is 17.0. The van der Waals surface area contributed by atoms with Gasteiger partial charge in [-0.15, -0.1) is 11.3 Å². The van der Waals surface area contributed by atoms with E-state index in [9.17, 15) is 9.59 Å². The van der Waals surface area contributed by atoms with E-state index >= 15 is 0 Å². The molecule has 2 N–H and O–H groups in total. The molecule has 0 saturated carbocycles. The number of hydrogen-bond donors (Lipinski definition) is 2. The van der Waals surface area contributed by atoms with Gasteiger partial charge in [0.2, 0.25) is 0 Å². The fourth-order valence-corrected chi connectivity index (χ4v) is 3.15. The number of carbonyl (C=O) groups is 2. The van der Waals surface area contributed by atoms with E-state index < -0.39 is 5.97 Å². The summed E-state index contributed by atoms with van der Waals surface area (Å²) in [6.07, 6.45) is 1.82. The van der Waals surface area contributed by atoms with Crippen molar-refractivity contribution in [3.8, 4) is 0 Å². The first-order valence-electron chi connectivity index (χ1n) is 7.31. The van der Waals surface area contributed by atoms with Crippen molar-refractivity contribution in [1.29, 1.82) is 0 Å². The van der Waals surface area contributed by atoms with Gasteiger partial charge < -0.3 is 15.2 Å². The third-order valence-corrected chi connectivity index (χ3v) is 4.29. The summed E-state index contributed by atoms with van der Waals surface area (Å²) in [5.74, 6) is -0.583. The molecule has 0 aliphatic heterocycles. The molecular formula is C15H19N3O4S. The van der Waals surface area contributed by atoms with E-state index in [2.05, 4.69) is 15.3 Å². The number of aliphatic carboxylic acids is 1. The second kappa shape index (κ2) is 7.36. The SMILES string of the molecule is Cc1c(C(=O)OC(C)C)sc2ncnc(NCCCC(=O)O)c12.